The van der Waals surface area contributed by atoms with Crippen molar-refractivity contribution in [3.05, 3.63) is 70.3 Å². The number of fused-ring (bicyclic) bond motifs is 4. The second-order valence-corrected chi connectivity index (χ2v) is 19.9. The largest absolute Gasteiger partial charge is 0.490 e. The summed E-state index contributed by atoms with van der Waals surface area (Å²) in [5.74, 6) is 0.878. The van der Waals surface area contributed by atoms with Crippen molar-refractivity contribution in [3.8, 4) is 5.75 Å². The summed E-state index contributed by atoms with van der Waals surface area (Å²) in [4.78, 5) is 43.2. The standard InChI is InChI=1S/C43H56ClN3O7S/c1-28-7-5-9-39(52-4)36-13-10-33(36)22-47-26-43(16-6-8-31-20-34(44)12-14-37(31)43)27-54-40-15-11-32(21-38(40)47)41(49)45-55(51,24-28)25-35(48)19-29-17-30(18-29)23-53-42(50)46(2)3/h5,9,11-12,14-15,20-21,28-30,33,36,39H,6-8,10,13,16-19,22-27H2,1-4H3/b9-5+/t28-,29?,30?,33-,36+,39-,43-,55+/m0/s1. The number of halogens is 1. The molecule has 2 aromatic rings. The van der Waals surface area contributed by atoms with Crippen LogP contribution in [-0.2, 0) is 35.8 Å². The number of methoxy groups -OCH3 is 1. The van der Waals surface area contributed by atoms with Gasteiger partial charge in [0, 0.05) is 62.5 Å². The topological polar surface area (TPSA) is 115 Å². The van der Waals surface area contributed by atoms with Crippen LogP contribution >= 0.6 is 11.6 Å². The van der Waals surface area contributed by atoms with Gasteiger partial charge in [-0.1, -0.05) is 36.7 Å². The molecule has 6 atom stereocenters. The van der Waals surface area contributed by atoms with Crippen LogP contribution in [0.5, 0.6) is 5.75 Å². The quantitative estimate of drug-likeness (QED) is 0.262. The number of rotatable bonds is 7. The lowest BCUT2D eigenvalue weighted by molar-refractivity contribution is -0.118. The Labute approximate surface area is 331 Å². The van der Waals surface area contributed by atoms with Gasteiger partial charge in [-0.05, 0) is 122 Å². The van der Waals surface area contributed by atoms with Crippen LogP contribution in [0.25, 0.3) is 0 Å². The first-order valence-electron chi connectivity index (χ1n) is 20.0. The Morgan fingerprint density at radius 2 is 1.95 bits per heavy atom. The third kappa shape index (κ3) is 8.94. The van der Waals surface area contributed by atoms with Crippen molar-refractivity contribution in [3.63, 3.8) is 0 Å². The second-order valence-electron chi connectivity index (χ2n) is 17.2. The van der Waals surface area contributed by atoms with Gasteiger partial charge in [-0.2, -0.15) is 4.36 Å². The molecule has 298 valence electrons. The minimum Gasteiger partial charge on any atom is -0.490 e. The van der Waals surface area contributed by atoms with E-state index in [1.807, 2.05) is 25.1 Å². The fourth-order valence-corrected chi connectivity index (χ4v) is 12.1. The van der Waals surface area contributed by atoms with E-state index >= 15 is 0 Å². The van der Waals surface area contributed by atoms with E-state index < -0.39 is 15.6 Å². The van der Waals surface area contributed by atoms with Crippen LogP contribution < -0.4 is 9.64 Å². The maximum Gasteiger partial charge on any atom is 0.409 e. The lowest BCUT2D eigenvalue weighted by Gasteiger charge is -2.46. The maximum absolute atomic E-state index is 14.7. The molecule has 0 aromatic heterocycles. The van der Waals surface area contributed by atoms with Gasteiger partial charge in [0.2, 0.25) is 0 Å². The zero-order valence-electron chi connectivity index (χ0n) is 32.7. The number of ketones is 1. The summed E-state index contributed by atoms with van der Waals surface area (Å²) in [5.41, 5.74) is 3.47. The molecule has 2 saturated carbocycles. The number of amides is 2. The molecule has 2 aliphatic heterocycles. The van der Waals surface area contributed by atoms with Gasteiger partial charge < -0.3 is 24.0 Å². The highest BCUT2D eigenvalue weighted by Crippen LogP contribution is 2.47. The summed E-state index contributed by atoms with van der Waals surface area (Å²) >= 11 is 6.47. The van der Waals surface area contributed by atoms with E-state index in [1.54, 1.807) is 27.3 Å². The number of allylic oxidation sites excluding steroid dienone is 1. The summed E-state index contributed by atoms with van der Waals surface area (Å²) in [7, 11) is 1.82. The van der Waals surface area contributed by atoms with E-state index in [1.165, 1.54) is 16.0 Å². The molecule has 5 aliphatic rings. The predicted molar refractivity (Wildman–Crippen MR) is 216 cm³/mol. The molecule has 0 saturated heterocycles. The first-order chi connectivity index (χ1) is 26.3. The van der Waals surface area contributed by atoms with Crippen LogP contribution in [-0.4, -0.2) is 92.0 Å². The molecule has 0 unspecified atom stereocenters. The van der Waals surface area contributed by atoms with E-state index in [-0.39, 0.29) is 59.1 Å². The first kappa shape index (κ1) is 39.8. The molecule has 3 aliphatic carbocycles. The van der Waals surface area contributed by atoms with E-state index in [0.717, 1.165) is 74.5 Å². The third-order valence-electron chi connectivity index (χ3n) is 12.6. The summed E-state index contributed by atoms with van der Waals surface area (Å²) in [6.45, 7) is 4.35. The van der Waals surface area contributed by atoms with Gasteiger partial charge in [-0.15, -0.1) is 0 Å². The smallest absolute Gasteiger partial charge is 0.409 e. The van der Waals surface area contributed by atoms with Crippen LogP contribution in [0, 0.1) is 29.6 Å². The highest BCUT2D eigenvalue weighted by atomic mass is 35.5. The number of hydrogen-bond donors (Lipinski definition) is 0. The van der Waals surface area contributed by atoms with Crippen LogP contribution in [0.2, 0.25) is 5.02 Å². The molecule has 0 N–H and O–H groups in total. The van der Waals surface area contributed by atoms with Crippen molar-refractivity contribution in [2.45, 2.75) is 76.2 Å². The Morgan fingerprint density at radius 1 is 1.13 bits per heavy atom. The number of ether oxygens (including phenoxy) is 3. The molecule has 2 bridgehead atoms. The Balaban J connectivity index is 1.17. The normalized spacial score (nSPS) is 32.3. The number of Topliss-reactive ketones (excluding diaryl/α,β-unsaturated/α-hetero) is 1. The molecule has 0 radical (unpaired) electrons. The highest BCUT2D eigenvalue weighted by Gasteiger charge is 2.44. The monoisotopic (exact) mass is 793 g/mol. The van der Waals surface area contributed by atoms with Gasteiger partial charge in [-0.3, -0.25) is 9.59 Å². The first-order valence-corrected chi connectivity index (χ1v) is 22.2. The predicted octanol–water partition coefficient (Wildman–Crippen LogP) is 7.74. The Morgan fingerprint density at radius 3 is 2.69 bits per heavy atom. The molecule has 7 rings (SSSR count). The molecule has 2 fully saturated rings. The molecule has 12 heteroatoms. The van der Waals surface area contributed by atoms with Crippen LogP contribution in [0.15, 0.2) is 52.9 Å². The Kier molecular flexibility index (Phi) is 12.0. The van der Waals surface area contributed by atoms with Crippen molar-refractivity contribution in [1.82, 2.24) is 4.90 Å². The van der Waals surface area contributed by atoms with Crippen molar-refractivity contribution >= 4 is 44.8 Å². The fraction of sp³-hybridized carbons (Fsp3) is 0.605. The van der Waals surface area contributed by atoms with Gasteiger partial charge in [-0.25, -0.2) is 9.00 Å². The highest BCUT2D eigenvalue weighted by molar-refractivity contribution is 7.94. The maximum atomic E-state index is 14.7. The molecule has 10 nitrogen and oxygen atoms in total. The SMILES string of the molecule is CO[C@H]1/C=C/C[C@H](C)C[S@@](=O)(CC(=O)CC2CC(COC(=O)N(C)C)C2)=NC(=O)c2ccc3c(c2)N(C[C@@H]2CC[C@H]21)C[C@@]1(CCCc2cc(Cl)ccc21)CO3. The van der Waals surface area contributed by atoms with Crippen molar-refractivity contribution in [2.75, 3.05) is 63.9 Å². The second kappa shape index (κ2) is 16.6. The average molecular weight is 794 g/mol. The molecule has 1 spiro atoms. The summed E-state index contributed by atoms with van der Waals surface area (Å²) in [5, 5.41) is 0.742. The molecule has 2 heterocycles. The summed E-state index contributed by atoms with van der Waals surface area (Å²) in [6.07, 6.45) is 11.4. The van der Waals surface area contributed by atoms with Gasteiger partial charge in [0.1, 0.15) is 11.5 Å². The Bertz CT molecular complexity index is 1940. The van der Waals surface area contributed by atoms with Gasteiger partial charge in [0.05, 0.1) is 40.5 Å². The minimum absolute atomic E-state index is 0.0469. The summed E-state index contributed by atoms with van der Waals surface area (Å²) < 4.78 is 37.2. The van der Waals surface area contributed by atoms with Gasteiger partial charge >= 0.3 is 6.09 Å². The number of hydrogen-bond acceptors (Lipinski definition) is 8. The number of carbonyl (C=O) groups excluding carboxylic acids is 3. The zero-order chi connectivity index (χ0) is 38.9. The molecular formula is C43H56ClN3O7S. The van der Waals surface area contributed by atoms with Crippen LogP contribution in [0.1, 0.15) is 79.8 Å². The van der Waals surface area contributed by atoms with E-state index in [2.05, 4.69) is 33.5 Å². The van der Waals surface area contributed by atoms with E-state index in [9.17, 15) is 18.6 Å². The fourth-order valence-electron chi connectivity index (χ4n) is 9.60. The minimum atomic E-state index is -3.24. The molecular weight excluding hydrogens is 738 g/mol. The van der Waals surface area contributed by atoms with Gasteiger partial charge in [0.15, 0.2) is 0 Å². The number of benzene rings is 2. The lowest BCUT2D eigenvalue weighted by Crippen LogP contribution is -2.49. The number of anilines is 1. The van der Waals surface area contributed by atoms with E-state index in [4.69, 9.17) is 25.8 Å². The summed E-state index contributed by atoms with van der Waals surface area (Å²) in [6, 6.07) is 11.7. The van der Waals surface area contributed by atoms with Crippen LogP contribution in [0.3, 0.4) is 0 Å². The van der Waals surface area contributed by atoms with Crippen LogP contribution in [0.4, 0.5) is 10.5 Å². The third-order valence-corrected chi connectivity index (χ3v) is 15.2. The van der Waals surface area contributed by atoms with Crippen molar-refractivity contribution in [1.29, 1.82) is 0 Å². The van der Waals surface area contributed by atoms with E-state index in [0.29, 0.717) is 37.0 Å². The van der Waals surface area contributed by atoms with Crippen molar-refractivity contribution in [2.24, 2.45) is 34.0 Å². The number of nitrogens with zero attached hydrogens (tertiary/aromatic N) is 3. The molecule has 2 amide bonds. The van der Waals surface area contributed by atoms with Gasteiger partial charge in [0.25, 0.3) is 5.91 Å². The Hall–Kier alpha value is -3.41. The molecule has 55 heavy (non-hydrogen) atoms. The number of aryl methyl sites for hydroxylation is 1. The number of carbonyl (C=O) groups is 3. The zero-order valence-corrected chi connectivity index (χ0v) is 34.2. The average Bonchev–Trinajstić information content (AvgIpc) is 3.26. The van der Waals surface area contributed by atoms with Crippen molar-refractivity contribution < 1.29 is 32.8 Å². The molecule has 2 aromatic carbocycles. The lowest BCUT2D eigenvalue weighted by atomic mass is 9.68.